The van der Waals surface area contributed by atoms with Gasteiger partial charge in [0.25, 0.3) is 5.09 Å². The first-order valence-corrected chi connectivity index (χ1v) is 11.2. The van der Waals surface area contributed by atoms with Gasteiger partial charge in [0.1, 0.15) is 6.61 Å². The van der Waals surface area contributed by atoms with E-state index in [1.54, 1.807) is 26.2 Å². The summed E-state index contributed by atoms with van der Waals surface area (Å²) < 4.78 is 6.42. The van der Waals surface area contributed by atoms with Crippen LogP contribution in [0.5, 0.6) is 0 Å². The van der Waals surface area contributed by atoms with Crippen LogP contribution in [0.4, 0.5) is 5.00 Å². The maximum absolute atomic E-state index is 12.4. The normalized spacial score (nSPS) is 11.2. The molecule has 0 spiro atoms. The number of nitrogens with one attached hydrogen (secondary N) is 1. The van der Waals surface area contributed by atoms with Crippen LogP contribution in [0.15, 0.2) is 48.8 Å². The van der Waals surface area contributed by atoms with E-state index < -0.39 is 10.5 Å². The fourth-order valence-corrected chi connectivity index (χ4v) is 4.11. The summed E-state index contributed by atoms with van der Waals surface area (Å²) >= 11 is 1.48. The van der Waals surface area contributed by atoms with Gasteiger partial charge in [-0.1, -0.05) is 24.3 Å². The van der Waals surface area contributed by atoms with Crippen molar-refractivity contribution >= 4 is 38.3 Å². The number of rotatable bonds is 11. The summed E-state index contributed by atoms with van der Waals surface area (Å²) in [6, 6.07) is 11.1. The average Bonchev–Trinajstić information content (AvgIpc) is 3.18. The number of carbonyl (C=O) groups is 2. The van der Waals surface area contributed by atoms with Crippen molar-refractivity contribution in [3.63, 3.8) is 0 Å². The van der Waals surface area contributed by atoms with Crippen molar-refractivity contribution in [2.45, 2.75) is 39.7 Å². The molecule has 0 saturated heterocycles. The summed E-state index contributed by atoms with van der Waals surface area (Å²) in [7, 11) is 0. The summed E-state index contributed by atoms with van der Waals surface area (Å²) in [4.78, 5) is 43.3. The van der Waals surface area contributed by atoms with E-state index in [0.717, 1.165) is 26.2 Å². The molecule has 0 aliphatic rings. The van der Waals surface area contributed by atoms with Crippen LogP contribution in [0.1, 0.15) is 37.8 Å². The summed E-state index contributed by atoms with van der Waals surface area (Å²) in [5, 5.41) is 14.1. The smallest absolute Gasteiger partial charge is 0.311 e. The zero-order chi connectivity index (χ0) is 23.8. The minimum absolute atomic E-state index is 0.0567. The molecule has 2 aromatic heterocycles. The predicted molar refractivity (Wildman–Crippen MR) is 124 cm³/mol. The lowest BCUT2D eigenvalue weighted by Gasteiger charge is -2.22. The third-order valence-corrected chi connectivity index (χ3v) is 6.04. The monoisotopic (exact) mass is 471 g/mol. The van der Waals surface area contributed by atoms with Crippen LogP contribution >= 0.6 is 11.3 Å². The van der Waals surface area contributed by atoms with Gasteiger partial charge >= 0.3 is 5.97 Å². The minimum Gasteiger partial charge on any atom is -0.460 e. The molecule has 33 heavy (non-hydrogen) atoms. The van der Waals surface area contributed by atoms with E-state index in [-0.39, 0.29) is 31.5 Å². The van der Waals surface area contributed by atoms with Crippen molar-refractivity contribution in [1.82, 2.24) is 4.98 Å². The number of pyridine rings is 1. The number of nitrogens with zero attached hydrogens (tertiary/aromatic N) is 2. The Morgan fingerprint density at radius 2 is 1.91 bits per heavy atom. The molecule has 0 fully saturated rings. The Kier molecular flexibility index (Phi) is 7.94. The first kappa shape index (κ1) is 24.1. The first-order chi connectivity index (χ1) is 15.7. The lowest BCUT2D eigenvalue weighted by molar-refractivity contribution is -0.757. The Hall–Kier alpha value is -3.53. The van der Waals surface area contributed by atoms with E-state index in [2.05, 4.69) is 15.1 Å². The molecular weight excluding hydrogens is 446 g/mol. The van der Waals surface area contributed by atoms with Gasteiger partial charge in [-0.25, -0.2) is 0 Å². The molecule has 1 aromatic carbocycles. The van der Waals surface area contributed by atoms with Crippen LogP contribution in [0.2, 0.25) is 0 Å². The van der Waals surface area contributed by atoms with Crippen LogP contribution in [0.3, 0.4) is 0 Å². The Bertz CT molecular complexity index is 1090. The van der Waals surface area contributed by atoms with Crippen molar-refractivity contribution in [1.29, 1.82) is 0 Å². The number of carbonyl (C=O) groups excluding carboxylic acids is 2. The lowest BCUT2D eigenvalue weighted by Crippen LogP contribution is -2.27. The van der Waals surface area contributed by atoms with Crippen LogP contribution in [0, 0.1) is 15.5 Å². The highest BCUT2D eigenvalue weighted by molar-refractivity contribution is 7.22. The van der Waals surface area contributed by atoms with Gasteiger partial charge in [0.15, 0.2) is 0 Å². The highest BCUT2D eigenvalue weighted by Gasteiger charge is 2.29. The highest BCUT2D eigenvalue weighted by Crippen LogP contribution is 2.29. The van der Waals surface area contributed by atoms with E-state index in [9.17, 15) is 19.7 Å². The molecule has 0 atom stereocenters. The van der Waals surface area contributed by atoms with E-state index in [4.69, 9.17) is 4.74 Å². The lowest BCUT2D eigenvalue weighted by atomic mass is 9.88. The number of fused-ring (bicyclic) bond motifs is 1. The van der Waals surface area contributed by atoms with E-state index in [1.165, 1.54) is 11.3 Å². The van der Waals surface area contributed by atoms with Gasteiger partial charge in [-0.2, -0.15) is 0 Å². The third-order valence-electron chi connectivity index (χ3n) is 5.04. The molecule has 0 aliphatic carbocycles. The number of ether oxygens (including phenoxy) is 1. The molecule has 10 heteroatoms. The van der Waals surface area contributed by atoms with Crippen LogP contribution < -0.4 is 5.32 Å². The fourth-order valence-electron chi connectivity index (χ4n) is 3.17. The Morgan fingerprint density at radius 3 is 2.61 bits per heavy atom. The van der Waals surface area contributed by atoms with Gasteiger partial charge in [-0.05, 0) is 55.3 Å². The van der Waals surface area contributed by atoms with Crippen molar-refractivity contribution in [3.05, 3.63) is 70.0 Å². The van der Waals surface area contributed by atoms with Gasteiger partial charge in [0.05, 0.1) is 28.1 Å². The van der Waals surface area contributed by atoms with Crippen LogP contribution in [-0.2, 0) is 32.2 Å². The van der Waals surface area contributed by atoms with Gasteiger partial charge < -0.3 is 14.9 Å². The summed E-state index contributed by atoms with van der Waals surface area (Å²) in [5.41, 5.74) is 0.870. The second kappa shape index (κ2) is 10.9. The molecule has 2 heterocycles. The molecule has 1 amide bonds. The van der Waals surface area contributed by atoms with Gasteiger partial charge in [0, 0.05) is 12.4 Å². The first-order valence-electron chi connectivity index (χ1n) is 10.4. The van der Waals surface area contributed by atoms with Crippen molar-refractivity contribution in [2.24, 2.45) is 5.41 Å². The third kappa shape index (κ3) is 7.25. The molecule has 0 unspecified atom stereocenters. The number of anilines is 1. The van der Waals surface area contributed by atoms with Gasteiger partial charge in [-0.3, -0.25) is 14.6 Å². The van der Waals surface area contributed by atoms with E-state index in [0.29, 0.717) is 12.8 Å². The maximum atomic E-state index is 12.4. The molecule has 0 bridgehead atoms. The fraction of sp³-hybridized carbons (Fsp3) is 0.348. The van der Waals surface area contributed by atoms with Crippen LogP contribution in [0.25, 0.3) is 10.1 Å². The number of hydrogen-bond donors (Lipinski definition) is 1. The molecule has 0 radical (unpaired) electrons. The molecule has 174 valence electrons. The molecule has 9 nitrogen and oxygen atoms in total. The summed E-state index contributed by atoms with van der Waals surface area (Å²) in [6.45, 7) is 3.52. The second-order valence-electron chi connectivity index (χ2n) is 8.19. The highest BCUT2D eigenvalue weighted by atomic mass is 32.1. The second-order valence-corrected chi connectivity index (χ2v) is 9.27. The number of hydrogen-bond acceptors (Lipinski definition) is 8. The Morgan fingerprint density at radius 1 is 1.18 bits per heavy atom. The topological polar surface area (TPSA) is 121 Å². The SMILES string of the molecule is CC(C)(CCCO[N+](=O)[O-])C(=O)OCc1ccc(CC(=O)Nc2cc3ccncc3s2)cc1. The van der Waals surface area contributed by atoms with Gasteiger partial charge in [0.2, 0.25) is 5.91 Å². The van der Waals surface area contributed by atoms with Gasteiger partial charge in [-0.15, -0.1) is 21.5 Å². The Balaban J connectivity index is 1.45. The van der Waals surface area contributed by atoms with Crippen molar-refractivity contribution < 1.29 is 24.3 Å². The zero-order valence-electron chi connectivity index (χ0n) is 18.4. The van der Waals surface area contributed by atoms with Crippen molar-refractivity contribution in [2.75, 3.05) is 11.9 Å². The summed E-state index contributed by atoms with van der Waals surface area (Å²) in [6.07, 6.45) is 4.50. The van der Waals surface area contributed by atoms with Crippen molar-refractivity contribution in [3.8, 4) is 0 Å². The summed E-state index contributed by atoms with van der Waals surface area (Å²) in [5.74, 6) is -0.498. The Labute approximate surface area is 194 Å². The molecule has 3 rings (SSSR count). The van der Waals surface area contributed by atoms with E-state index in [1.807, 2.05) is 36.4 Å². The zero-order valence-corrected chi connectivity index (χ0v) is 19.2. The molecule has 3 aromatic rings. The maximum Gasteiger partial charge on any atom is 0.311 e. The number of thiophene rings is 1. The predicted octanol–water partition coefficient (Wildman–Crippen LogP) is 4.54. The minimum atomic E-state index is -0.847. The quantitative estimate of drug-likeness (QED) is 0.189. The number of esters is 1. The molecule has 0 saturated carbocycles. The number of benzene rings is 1. The molecule has 0 aliphatic heterocycles. The standard InChI is InChI=1S/C23H25N3O6S/c1-23(2,9-3-11-32-26(29)30)22(28)31-15-17-6-4-16(5-7-17)12-20(27)25-21-13-18-8-10-24-14-19(18)33-21/h4-8,10,13-14H,3,9,11-12,15H2,1-2H3,(H,25,27). The number of amides is 1. The largest absolute Gasteiger partial charge is 0.460 e. The average molecular weight is 472 g/mol. The van der Waals surface area contributed by atoms with Crippen LogP contribution in [-0.4, -0.2) is 28.6 Å². The number of aromatic nitrogens is 1. The molecular formula is C23H25N3O6S. The molecule has 1 N–H and O–H groups in total. The van der Waals surface area contributed by atoms with E-state index >= 15 is 0 Å².